The molecule has 0 bridgehead atoms. The highest BCUT2D eigenvalue weighted by Gasteiger charge is 2.46. The summed E-state index contributed by atoms with van der Waals surface area (Å²) < 4.78 is 10.6. The second-order valence-corrected chi connectivity index (χ2v) is 9.09. The molecule has 1 N–H and O–H groups in total. The maximum Gasteiger partial charge on any atom is 0.295 e. The minimum Gasteiger partial charge on any atom is -0.507 e. The molecule has 1 aliphatic heterocycles. The molecule has 1 saturated heterocycles. The zero-order valence-electron chi connectivity index (χ0n) is 17.7. The maximum absolute atomic E-state index is 13.2. The number of thiophene rings is 1. The van der Waals surface area contributed by atoms with Crippen LogP contribution in [0, 0.1) is 0 Å². The number of hydrogen-bond donors (Lipinski definition) is 1. The van der Waals surface area contributed by atoms with Crippen LogP contribution in [0.2, 0.25) is 10.0 Å². The number of ether oxygens (including phenoxy) is 2. The third-order valence-electron chi connectivity index (χ3n) is 5.31. The van der Waals surface area contributed by atoms with Crippen molar-refractivity contribution < 1.29 is 24.2 Å². The molecular formula is C24H19Cl2NO5S. The summed E-state index contributed by atoms with van der Waals surface area (Å²) in [5.41, 5.74) is 0.860. The van der Waals surface area contributed by atoms with Crippen molar-refractivity contribution in [3.05, 3.63) is 85.5 Å². The van der Waals surface area contributed by atoms with Gasteiger partial charge in [0.2, 0.25) is 0 Å². The second-order valence-electron chi connectivity index (χ2n) is 7.26. The molecule has 9 heteroatoms. The average molecular weight is 504 g/mol. The van der Waals surface area contributed by atoms with E-state index in [1.807, 2.05) is 29.6 Å². The van der Waals surface area contributed by atoms with E-state index < -0.39 is 23.5 Å². The number of benzene rings is 2. The van der Waals surface area contributed by atoms with Crippen molar-refractivity contribution in [1.29, 1.82) is 0 Å². The molecule has 2 aromatic carbocycles. The average Bonchev–Trinajstić information content (AvgIpc) is 3.41. The van der Waals surface area contributed by atoms with Crippen LogP contribution >= 0.6 is 34.5 Å². The number of likely N-dealkylation sites (tertiary alicyclic amines) is 1. The van der Waals surface area contributed by atoms with Gasteiger partial charge in [-0.2, -0.15) is 0 Å². The Morgan fingerprint density at radius 3 is 2.55 bits per heavy atom. The van der Waals surface area contributed by atoms with Gasteiger partial charge in [0.1, 0.15) is 17.3 Å². The van der Waals surface area contributed by atoms with Crippen LogP contribution in [0.4, 0.5) is 0 Å². The Balaban J connectivity index is 1.88. The van der Waals surface area contributed by atoms with Crippen LogP contribution in [0.5, 0.6) is 11.5 Å². The van der Waals surface area contributed by atoms with Gasteiger partial charge < -0.3 is 19.5 Å². The molecule has 1 fully saturated rings. The fourth-order valence-electron chi connectivity index (χ4n) is 3.84. The molecule has 1 amide bonds. The second kappa shape index (κ2) is 9.47. The van der Waals surface area contributed by atoms with Crippen molar-refractivity contribution in [3.63, 3.8) is 0 Å². The zero-order chi connectivity index (χ0) is 23.7. The Morgan fingerprint density at radius 2 is 1.88 bits per heavy atom. The summed E-state index contributed by atoms with van der Waals surface area (Å²) in [6.07, 6.45) is 0. The lowest BCUT2D eigenvalue weighted by molar-refractivity contribution is -0.140. The van der Waals surface area contributed by atoms with Crippen molar-refractivity contribution >= 4 is 52.0 Å². The summed E-state index contributed by atoms with van der Waals surface area (Å²) in [7, 11) is 2.95. The van der Waals surface area contributed by atoms with E-state index in [4.69, 9.17) is 32.7 Å². The van der Waals surface area contributed by atoms with Crippen LogP contribution in [0.25, 0.3) is 5.76 Å². The van der Waals surface area contributed by atoms with Gasteiger partial charge in [0.25, 0.3) is 11.7 Å². The highest BCUT2D eigenvalue weighted by molar-refractivity contribution is 7.10. The number of amides is 1. The molecule has 1 aliphatic rings. The summed E-state index contributed by atoms with van der Waals surface area (Å²) in [6.45, 7) is 0.147. The molecule has 0 radical (unpaired) electrons. The fourth-order valence-corrected chi connectivity index (χ4v) is 5.26. The van der Waals surface area contributed by atoms with Crippen molar-refractivity contribution in [2.45, 2.75) is 12.6 Å². The Morgan fingerprint density at radius 1 is 1.09 bits per heavy atom. The first kappa shape index (κ1) is 23.2. The Labute approximate surface area is 204 Å². The largest absolute Gasteiger partial charge is 0.507 e. The first-order valence-electron chi connectivity index (χ1n) is 9.83. The van der Waals surface area contributed by atoms with Gasteiger partial charge in [-0.1, -0.05) is 41.4 Å². The van der Waals surface area contributed by atoms with Crippen LogP contribution in [-0.2, 0) is 16.1 Å². The molecule has 1 atom stereocenters. The predicted octanol–water partition coefficient (Wildman–Crippen LogP) is 5.69. The van der Waals surface area contributed by atoms with Crippen molar-refractivity contribution in [2.75, 3.05) is 14.2 Å². The van der Waals surface area contributed by atoms with Crippen LogP contribution in [0.1, 0.15) is 22.0 Å². The number of hydrogen-bond acceptors (Lipinski definition) is 6. The summed E-state index contributed by atoms with van der Waals surface area (Å²) in [4.78, 5) is 28.5. The third kappa shape index (κ3) is 4.31. The van der Waals surface area contributed by atoms with Crippen LogP contribution < -0.4 is 9.47 Å². The molecule has 1 unspecified atom stereocenters. The van der Waals surface area contributed by atoms with Crippen molar-refractivity contribution in [2.24, 2.45) is 0 Å². The molecule has 1 aromatic heterocycles. The number of halogens is 2. The lowest BCUT2D eigenvalue weighted by atomic mass is 9.99. The number of nitrogens with zero attached hydrogens (tertiary/aromatic N) is 1. The van der Waals surface area contributed by atoms with E-state index in [0.29, 0.717) is 5.75 Å². The number of carbonyl (C=O) groups is 2. The number of aliphatic hydroxyl groups is 1. The fraction of sp³-hybridized carbons (Fsp3) is 0.167. The van der Waals surface area contributed by atoms with Gasteiger partial charge in [-0.05, 0) is 41.3 Å². The van der Waals surface area contributed by atoms with E-state index in [1.54, 1.807) is 19.2 Å². The highest BCUT2D eigenvalue weighted by Crippen LogP contribution is 2.44. The molecule has 0 spiro atoms. The number of methoxy groups -OCH3 is 2. The van der Waals surface area contributed by atoms with Gasteiger partial charge in [-0.25, -0.2) is 0 Å². The molecule has 3 aromatic rings. The highest BCUT2D eigenvalue weighted by atomic mass is 35.5. The van der Waals surface area contributed by atoms with E-state index in [0.717, 1.165) is 10.4 Å². The molecule has 170 valence electrons. The number of aliphatic hydroxyl groups excluding tert-OH is 1. The minimum absolute atomic E-state index is 0.0537. The lowest BCUT2D eigenvalue weighted by Gasteiger charge is -2.24. The first-order valence-corrected chi connectivity index (χ1v) is 11.5. The molecule has 2 heterocycles. The topological polar surface area (TPSA) is 76.1 Å². The van der Waals surface area contributed by atoms with E-state index in [9.17, 15) is 14.7 Å². The van der Waals surface area contributed by atoms with Gasteiger partial charge in [0.15, 0.2) is 0 Å². The Bertz CT molecular complexity index is 1260. The molecular weight excluding hydrogens is 485 g/mol. The van der Waals surface area contributed by atoms with Gasteiger partial charge in [-0.15, -0.1) is 11.3 Å². The van der Waals surface area contributed by atoms with Gasteiger partial charge in [-0.3, -0.25) is 9.59 Å². The van der Waals surface area contributed by atoms with Gasteiger partial charge >= 0.3 is 0 Å². The van der Waals surface area contributed by atoms with E-state index in [1.165, 1.54) is 35.5 Å². The standard InChI is InChI=1S/C24H19Cl2NO5S/c1-31-15-6-3-5-13(9-15)12-27-20(18-7-4-8-33-18)19(22(29)24(27)30)21(28)16-10-14(25)11-17(26)23(16)32-2/h3-11,20,28H,12H2,1-2H3/b21-19-. The Hall–Kier alpha value is -3.00. The zero-order valence-corrected chi connectivity index (χ0v) is 20.0. The molecule has 4 rings (SSSR count). The number of rotatable bonds is 6. The number of ketones is 1. The number of carbonyl (C=O) groups excluding carboxylic acids is 2. The monoisotopic (exact) mass is 503 g/mol. The molecule has 6 nitrogen and oxygen atoms in total. The van der Waals surface area contributed by atoms with E-state index in [2.05, 4.69) is 0 Å². The minimum atomic E-state index is -0.799. The lowest BCUT2D eigenvalue weighted by Crippen LogP contribution is -2.28. The summed E-state index contributed by atoms with van der Waals surface area (Å²) >= 11 is 13.8. The normalized spacial score (nSPS) is 17.5. The summed E-state index contributed by atoms with van der Waals surface area (Å²) in [5.74, 6) is -1.13. The van der Waals surface area contributed by atoms with Gasteiger partial charge in [0, 0.05) is 16.4 Å². The maximum atomic E-state index is 13.2. The molecule has 0 saturated carbocycles. The predicted molar refractivity (Wildman–Crippen MR) is 128 cm³/mol. The van der Waals surface area contributed by atoms with Crippen molar-refractivity contribution in [3.8, 4) is 11.5 Å². The van der Waals surface area contributed by atoms with Crippen LogP contribution in [-0.4, -0.2) is 35.9 Å². The molecule has 0 aliphatic carbocycles. The first-order chi connectivity index (χ1) is 15.8. The smallest absolute Gasteiger partial charge is 0.295 e. The SMILES string of the molecule is COc1cccc(CN2C(=O)C(=O)/C(=C(\O)c3cc(Cl)cc(Cl)c3OC)C2c2cccs2)c1. The summed E-state index contributed by atoms with van der Waals surface area (Å²) in [6, 6.07) is 13.0. The third-order valence-corrected chi connectivity index (χ3v) is 6.73. The van der Waals surface area contributed by atoms with E-state index >= 15 is 0 Å². The van der Waals surface area contributed by atoms with E-state index in [-0.39, 0.29) is 33.5 Å². The van der Waals surface area contributed by atoms with Crippen LogP contribution in [0.15, 0.2) is 59.5 Å². The quantitative estimate of drug-likeness (QED) is 0.265. The Kier molecular flexibility index (Phi) is 6.65. The summed E-state index contributed by atoms with van der Waals surface area (Å²) in [5, 5.41) is 13.5. The van der Waals surface area contributed by atoms with Gasteiger partial charge in [0.05, 0.1) is 36.4 Å². The van der Waals surface area contributed by atoms with Crippen LogP contribution in [0.3, 0.4) is 0 Å². The molecule has 33 heavy (non-hydrogen) atoms. The number of Topliss-reactive ketones (excluding diaryl/α,β-unsaturated/α-hetero) is 1. The van der Waals surface area contributed by atoms with Crippen molar-refractivity contribution in [1.82, 2.24) is 4.90 Å².